The van der Waals surface area contributed by atoms with E-state index in [2.05, 4.69) is 6.07 Å². The van der Waals surface area contributed by atoms with Crippen LogP contribution >= 0.6 is 0 Å². The fourth-order valence-electron chi connectivity index (χ4n) is 5.11. The molecular weight excluding hydrogens is 334 g/mol. The standard InChI is InChI=1S/C20H21NO5/c1-22-13-3-4-14-12(9-13)10-15-16-17(18(23-2)26-15)20(24-7-8-25-20)6-5-19(14,16)11-21/h3-4,9,15,18H,5-8,10H2,1-2H3/t15-,18+,19-/m1/s1. The van der Waals surface area contributed by atoms with Crippen molar-refractivity contribution in [3.05, 3.63) is 40.5 Å². The van der Waals surface area contributed by atoms with E-state index in [4.69, 9.17) is 23.7 Å². The van der Waals surface area contributed by atoms with Crippen molar-refractivity contribution in [2.45, 2.75) is 42.9 Å². The van der Waals surface area contributed by atoms with Crippen molar-refractivity contribution in [1.29, 1.82) is 5.26 Å². The van der Waals surface area contributed by atoms with Gasteiger partial charge in [0.25, 0.3) is 0 Å². The van der Waals surface area contributed by atoms with E-state index in [1.165, 1.54) is 0 Å². The smallest absolute Gasteiger partial charge is 0.196 e. The fraction of sp³-hybridized carbons (Fsp3) is 0.550. The van der Waals surface area contributed by atoms with Crippen molar-refractivity contribution < 1.29 is 23.7 Å². The molecule has 0 N–H and O–H groups in total. The highest BCUT2D eigenvalue weighted by Crippen LogP contribution is 2.58. The Kier molecular flexibility index (Phi) is 3.47. The molecule has 0 amide bonds. The monoisotopic (exact) mass is 355 g/mol. The van der Waals surface area contributed by atoms with Crippen LogP contribution in [0.25, 0.3) is 0 Å². The van der Waals surface area contributed by atoms with Crippen molar-refractivity contribution >= 4 is 0 Å². The molecule has 26 heavy (non-hydrogen) atoms. The highest BCUT2D eigenvalue weighted by atomic mass is 16.7. The molecule has 5 rings (SSSR count). The van der Waals surface area contributed by atoms with Crippen LogP contribution in [0.3, 0.4) is 0 Å². The molecule has 4 aliphatic rings. The lowest BCUT2D eigenvalue weighted by molar-refractivity contribution is -0.173. The second-order valence-corrected chi connectivity index (χ2v) is 7.21. The van der Waals surface area contributed by atoms with Gasteiger partial charge >= 0.3 is 0 Å². The van der Waals surface area contributed by atoms with E-state index in [0.717, 1.165) is 28.0 Å². The van der Waals surface area contributed by atoms with Crippen molar-refractivity contribution in [3.8, 4) is 11.8 Å². The molecule has 0 radical (unpaired) electrons. The summed E-state index contributed by atoms with van der Waals surface area (Å²) < 4.78 is 29.3. The summed E-state index contributed by atoms with van der Waals surface area (Å²) in [6.45, 7) is 1.09. The van der Waals surface area contributed by atoms with Crippen LogP contribution in [0.1, 0.15) is 24.0 Å². The first-order valence-electron chi connectivity index (χ1n) is 8.97. The van der Waals surface area contributed by atoms with E-state index in [1.54, 1.807) is 14.2 Å². The zero-order chi connectivity index (χ0) is 17.9. The second kappa shape index (κ2) is 5.54. The van der Waals surface area contributed by atoms with Crippen LogP contribution in [0, 0.1) is 11.3 Å². The number of nitrogens with zero attached hydrogens (tertiary/aromatic N) is 1. The van der Waals surface area contributed by atoms with Crippen LogP contribution in [-0.2, 0) is 30.8 Å². The normalized spacial score (nSPS) is 33.7. The molecule has 2 aliphatic heterocycles. The van der Waals surface area contributed by atoms with Gasteiger partial charge in [-0.15, -0.1) is 0 Å². The Morgan fingerprint density at radius 2 is 1.96 bits per heavy atom. The topological polar surface area (TPSA) is 69.9 Å². The molecule has 1 aromatic rings. The number of hydrogen-bond donors (Lipinski definition) is 0. The van der Waals surface area contributed by atoms with Gasteiger partial charge in [-0.25, -0.2) is 0 Å². The van der Waals surface area contributed by atoms with Crippen LogP contribution in [0.2, 0.25) is 0 Å². The quantitative estimate of drug-likeness (QED) is 0.758. The van der Waals surface area contributed by atoms with Gasteiger partial charge in [0.15, 0.2) is 12.1 Å². The number of nitriles is 1. The molecule has 1 saturated heterocycles. The molecular formula is C20H21NO5. The summed E-state index contributed by atoms with van der Waals surface area (Å²) in [7, 11) is 3.28. The van der Waals surface area contributed by atoms with Crippen molar-refractivity contribution in [2.24, 2.45) is 0 Å². The maximum Gasteiger partial charge on any atom is 0.196 e. The molecule has 0 saturated carbocycles. The van der Waals surface area contributed by atoms with Crippen LogP contribution < -0.4 is 4.74 Å². The second-order valence-electron chi connectivity index (χ2n) is 7.21. The number of benzene rings is 1. The van der Waals surface area contributed by atoms with Gasteiger partial charge in [-0.1, -0.05) is 6.07 Å². The number of hydrogen-bond acceptors (Lipinski definition) is 6. The van der Waals surface area contributed by atoms with Gasteiger partial charge in [-0.05, 0) is 35.3 Å². The summed E-state index contributed by atoms with van der Waals surface area (Å²) in [6.07, 6.45) is 1.18. The molecule has 2 aliphatic carbocycles. The maximum atomic E-state index is 10.3. The van der Waals surface area contributed by atoms with E-state index in [9.17, 15) is 5.26 Å². The average molecular weight is 355 g/mol. The Bertz CT molecular complexity index is 835. The summed E-state index contributed by atoms with van der Waals surface area (Å²) >= 11 is 0. The Hall–Kier alpha value is -1.91. The molecule has 0 unspecified atom stereocenters. The lowest BCUT2D eigenvalue weighted by atomic mass is 9.59. The fourth-order valence-corrected chi connectivity index (χ4v) is 5.11. The first-order valence-corrected chi connectivity index (χ1v) is 8.97. The lowest BCUT2D eigenvalue weighted by Gasteiger charge is -2.45. The minimum Gasteiger partial charge on any atom is -0.497 e. The summed E-state index contributed by atoms with van der Waals surface area (Å²) in [5.74, 6) is -0.0183. The third-order valence-corrected chi connectivity index (χ3v) is 6.17. The van der Waals surface area contributed by atoms with Gasteiger partial charge in [0.2, 0.25) is 0 Å². The molecule has 3 atom stereocenters. The molecule has 0 bridgehead atoms. The number of methoxy groups -OCH3 is 2. The molecule has 1 aromatic carbocycles. The van der Waals surface area contributed by atoms with Crippen molar-refractivity contribution in [2.75, 3.05) is 27.4 Å². The number of rotatable bonds is 2. The van der Waals surface area contributed by atoms with E-state index >= 15 is 0 Å². The van der Waals surface area contributed by atoms with Gasteiger partial charge < -0.3 is 23.7 Å². The van der Waals surface area contributed by atoms with E-state index in [0.29, 0.717) is 32.5 Å². The summed E-state index contributed by atoms with van der Waals surface area (Å²) in [5.41, 5.74) is 3.26. The number of ether oxygens (including phenoxy) is 5. The molecule has 6 nitrogen and oxygen atoms in total. The summed E-state index contributed by atoms with van der Waals surface area (Å²) in [5, 5.41) is 10.3. The summed E-state index contributed by atoms with van der Waals surface area (Å²) in [4.78, 5) is 0. The Labute approximate surface area is 152 Å². The molecule has 1 fully saturated rings. The van der Waals surface area contributed by atoms with Gasteiger partial charge in [-0.3, -0.25) is 0 Å². The molecule has 0 aromatic heterocycles. The lowest BCUT2D eigenvalue weighted by Crippen LogP contribution is -2.48. The van der Waals surface area contributed by atoms with E-state index < -0.39 is 17.5 Å². The third-order valence-electron chi connectivity index (χ3n) is 6.17. The molecule has 136 valence electrons. The predicted molar refractivity (Wildman–Crippen MR) is 90.6 cm³/mol. The summed E-state index contributed by atoms with van der Waals surface area (Å²) in [6, 6.07) is 8.58. The zero-order valence-electron chi connectivity index (χ0n) is 14.9. The largest absolute Gasteiger partial charge is 0.497 e. The van der Waals surface area contributed by atoms with E-state index in [-0.39, 0.29) is 6.10 Å². The zero-order valence-corrected chi connectivity index (χ0v) is 14.9. The van der Waals surface area contributed by atoms with Gasteiger partial charge in [-0.2, -0.15) is 5.26 Å². The van der Waals surface area contributed by atoms with Gasteiger partial charge in [0.05, 0.1) is 32.5 Å². The Balaban J connectivity index is 1.76. The molecule has 2 heterocycles. The Morgan fingerprint density at radius 3 is 2.65 bits per heavy atom. The number of fused-ring (bicyclic) bond motifs is 3. The van der Waals surface area contributed by atoms with Crippen molar-refractivity contribution in [3.63, 3.8) is 0 Å². The van der Waals surface area contributed by atoms with Gasteiger partial charge in [0.1, 0.15) is 11.2 Å². The highest BCUT2D eigenvalue weighted by Gasteiger charge is 2.62. The average Bonchev–Trinajstić information content (AvgIpc) is 3.30. The first kappa shape index (κ1) is 16.3. The SMILES string of the molecule is COc1ccc2c(c1)C[C@H]1O[C@H](OC)C3=C1[C@@]2(C#N)CCC31OCCO1. The predicted octanol–water partition coefficient (Wildman–Crippen LogP) is 2.22. The minimum atomic E-state index is -0.810. The minimum absolute atomic E-state index is 0.209. The molecule has 6 heteroatoms. The maximum absolute atomic E-state index is 10.3. The van der Waals surface area contributed by atoms with Crippen LogP contribution in [0.15, 0.2) is 29.3 Å². The van der Waals surface area contributed by atoms with E-state index in [1.807, 2.05) is 18.2 Å². The highest BCUT2D eigenvalue weighted by molar-refractivity contribution is 5.60. The Morgan fingerprint density at radius 1 is 1.15 bits per heavy atom. The van der Waals surface area contributed by atoms with Crippen LogP contribution in [-0.4, -0.2) is 45.6 Å². The molecule has 1 spiro atoms. The van der Waals surface area contributed by atoms with Crippen LogP contribution in [0.5, 0.6) is 5.75 Å². The van der Waals surface area contributed by atoms with Crippen LogP contribution in [0.4, 0.5) is 0 Å². The van der Waals surface area contributed by atoms with Crippen molar-refractivity contribution in [1.82, 2.24) is 0 Å². The first-order chi connectivity index (χ1) is 12.7. The third kappa shape index (κ3) is 1.89. The van der Waals surface area contributed by atoms with Gasteiger partial charge in [0, 0.05) is 25.5 Å².